The van der Waals surface area contributed by atoms with E-state index in [1.807, 2.05) is 19.1 Å². The highest BCUT2D eigenvalue weighted by molar-refractivity contribution is 5.98. The van der Waals surface area contributed by atoms with Crippen LogP contribution in [0.4, 0.5) is 0 Å². The molecule has 1 N–H and O–H groups in total. The third-order valence-corrected chi connectivity index (χ3v) is 2.53. The molecule has 1 aliphatic rings. The van der Waals surface area contributed by atoms with Gasteiger partial charge < -0.3 is 5.11 Å². The summed E-state index contributed by atoms with van der Waals surface area (Å²) in [5.41, 5.74) is 1.94. The highest BCUT2D eigenvalue weighted by atomic mass is 16.4. The molecule has 0 saturated heterocycles. The smallest absolute Gasteiger partial charge is 0.332 e. The molecular formula is C13H12N2O2. The molecule has 2 rings (SSSR count). The summed E-state index contributed by atoms with van der Waals surface area (Å²) in [5, 5.41) is 9.20. The molecule has 0 unspecified atom stereocenters. The second-order valence-electron chi connectivity index (χ2n) is 3.76. The van der Waals surface area contributed by atoms with Gasteiger partial charge in [-0.05, 0) is 19.4 Å². The Hall–Kier alpha value is -2.23. The quantitative estimate of drug-likeness (QED) is 0.843. The van der Waals surface area contributed by atoms with Crippen molar-refractivity contribution in [3.63, 3.8) is 0 Å². The van der Waals surface area contributed by atoms with Gasteiger partial charge in [-0.25, -0.2) is 14.8 Å². The first kappa shape index (κ1) is 11.3. The maximum absolute atomic E-state index is 11.2. The number of aliphatic carboxylic acids is 1. The van der Waals surface area contributed by atoms with Crippen molar-refractivity contribution in [2.24, 2.45) is 0 Å². The molecule has 1 heterocycles. The number of allylic oxidation sites excluding steroid dienone is 5. The summed E-state index contributed by atoms with van der Waals surface area (Å²) in [5.74, 6) is -0.479. The number of carboxylic acid groups (broad SMARTS) is 1. The zero-order chi connectivity index (χ0) is 12.3. The van der Waals surface area contributed by atoms with Gasteiger partial charge in [0.15, 0.2) is 5.82 Å². The van der Waals surface area contributed by atoms with E-state index >= 15 is 0 Å². The molecular weight excluding hydrogens is 216 g/mol. The van der Waals surface area contributed by atoms with E-state index in [2.05, 4.69) is 9.97 Å². The van der Waals surface area contributed by atoms with E-state index in [0.717, 1.165) is 5.57 Å². The van der Waals surface area contributed by atoms with Gasteiger partial charge in [0, 0.05) is 18.0 Å². The number of rotatable bonds is 2. The highest BCUT2D eigenvalue weighted by Gasteiger charge is 2.16. The Bertz CT molecular complexity index is 528. The molecule has 1 aromatic rings. The van der Waals surface area contributed by atoms with Gasteiger partial charge in [0.2, 0.25) is 0 Å². The minimum Gasteiger partial charge on any atom is -0.478 e. The maximum atomic E-state index is 11.2. The molecule has 86 valence electrons. The van der Waals surface area contributed by atoms with Crippen LogP contribution in [0.25, 0.3) is 5.57 Å². The summed E-state index contributed by atoms with van der Waals surface area (Å²) in [4.78, 5) is 19.4. The van der Waals surface area contributed by atoms with Crippen LogP contribution in [0.5, 0.6) is 0 Å². The molecule has 0 amide bonds. The lowest BCUT2D eigenvalue weighted by molar-refractivity contribution is -0.132. The zero-order valence-electron chi connectivity index (χ0n) is 9.42. The average molecular weight is 228 g/mol. The summed E-state index contributed by atoms with van der Waals surface area (Å²) in [6.07, 6.45) is 9.12. The number of carboxylic acids is 1. The Labute approximate surface area is 99.0 Å². The zero-order valence-corrected chi connectivity index (χ0v) is 9.42. The Morgan fingerprint density at radius 3 is 2.65 bits per heavy atom. The molecule has 4 nitrogen and oxygen atoms in total. The molecule has 0 bridgehead atoms. The van der Waals surface area contributed by atoms with Crippen LogP contribution in [0.3, 0.4) is 0 Å². The molecule has 0 radical (unpaired) electrons. The molecule has 0 atom stereocenters. The normalized spacial score (nSPS) is 15.5. The lowest BCUT2D eigenvalue weighted by Crippen LogP contribution is -2.04. The predicted octanol–water partition coefficient (Wildman–Crippen LogP) is 2.22. The summed E-state index contributed by atoms with van der Waals surface area (Å²) in [6.45, 7) is 1.94. The van der Waals surface area contributed by atoms with Crippen molar-refractivity contribution in [1.29, 1.82) is 0 Å². The molecule has 0 spiro atoms. The van der Waals surface area contributed by atoms with Crippen LogP contribution in [0.15, 0.2) is 47.8 Å². The van der Waals surface area contributed by atoms with Gasteiger partial charge in [-0.1, -0.05) is 23.8 Å². The summed E-state index contributed by atoms with van der Waals surface area (Å²) >= 11 is 0. The maximum Gasteiger partial charge on any atom is 0.332 e. The first-order valence-electron chi connectivity index (χ1n) is 5.27. The number of nitrogens with zero attached hydrogens (tertiary/aromatic N) is 2. The largest absolute Gasteiger partial charge is 0.478 e. The van der Waals surface area contributed by atoms with E-state index < -0.39 is 5.97 Å². The van der Waals surface area contributed by atoms with Crippen molar-refractivity contribution < 1.29 is 9.90 Å². The molecule has 0 fully saturated rings. The van der Waals surface area contributed by atoms with E-state index in [4.69, 9.17) is 0 Å². The lowest BCUT2D eigenvalue weighted by Gasteiger charge is -2.04. The van der Waals surface area contributed by atoms with Crippen LogP contribution < -0.4 is 0 Å². The van der Waals surface area contributed by atoms with Crippen LogP contribution in [0, 0.1) is 0 Å². The fraction of sp³-hybridized carbons (Fsp3) is 0.154. The van der Waals surface area contributed by atoms with Crippen molar-refractivity contribution in [2.75, 3.05) is 0 Å². The monoisotopic (exact) mass is 228 g/mol. The van der Waals surface area contributed by atoms with Gasteiger partial charge in [0.1, 0.15) is 0 Å². The van der Waals surface area contributed by atoms with Crippen LogP contribution in [0.2, 0.25) is 0 Å². The molecule has 0 aromatic carbocycles. The van der Waals surface area contributed by atoms with Crippen LogP contribution in [-0.2, 0) is 4.79 Å². The lowest BCUT2D eigenvalue weighted by atomic mass is 10.1. The fourth-order valence-electron chi connectivity index (χ4n) is 1.61. The van der Waals surface area contributed by atoms with Crippen LogP contribution >= 0.6 is 0 Å². The van der Waals surface area contributed by atoms with E-state index in [9.17, 15) is 9.90 Å². The van der Waals surface area contributed by atoms with Crippen molar-refractivity contribution in [3.8, 4) is 0 Å². The SMILES string of the molecule is CC1=CCC(C(=O)O)=C(c2ncccn2)C=C1. The highest BCUT2D eigenvalue weighted by Crippen LogP contribution is 2.24. The van der Waals surface area contributed by atoms with Gasteiger partial charge in [-0.3, -0.25) is 0 Å². The van der Waals surface area contributed by atoms with Crippen LogP contribution in [0.1, 0.15) is 19.2 Å². The summed E-state index contributed by atoms with van der Waals surface area (Å²) in [6, 6.07) is 1.70. The third kappa shape index (κ3) is 2.47. The second kappa shape index (κ2) is 4.74. The molecule has 17 heavy (non-hydrogen) atoms. The van der Waals surface area contributed by atoms with Gasteiger partial charge in [0.05, 0.1) is 5.57 Å². The Morgan fingerprint density at radius 1 is 1.29 bits per heavy atom. The number of carbonyl (C=O) groups is 1. The number of hydrogen-bond donors (Lipinski definition) is 1. The van der Waals surface area contributed by atoms with Gasteiger partial charge in [0.25, 0.3) is 0 Å². The fourth-order valence-corrected chi connectivity index (χ4v) is 1.61. The molecule has 1 aromatic heterocycles. The standard InChI is InChI=1S/C13H12N2O2/c1-9-3-5-10(11(6-4-9)13(16)17)12-14-7-2-8-15-12/h2-5,7-8H,6H2,1H3,(H,16,17). The molecule has 4 heteroatoms. The number of hydrogen-bond acceptors (Lipinski definition) is 3. The minimum absolute atomic E-state index is 0.323. The molecule has 1 aliphatic carbocycles. The number of aromatic nitrogens is 2. The first-order chi connectivity index (χ1) is 8.18. The van der Waals surface area contributed by atoms with Crippen LogP contribution in [-0.4, -0.2) is 21.0 Å². The second-order valence-corrected chi connectivity index (χ2v) is 3.76. The Kier molecular flexibility index (Phi) is 3.14. The van der Waals surface area contributed by atoms with E-state index in [1.165, 1.54) is 0 Å². The molecule has 0 aliphatic heterocycles. The third-order valence-electron chi connectivity index (χ3n) is 2.53. The Morgan fingerprint density at radius 2 is 2.00 bits per heavy atom. The van der Waals surface area contributed by atoms with Crippen molar-refractivity contribution in [1.82, 2.24) is 9.97 Å². The predicted molar refractivity (Wildman–Crippen MR) is 64.1 cm³/mol. The summed E-state index contributed by atoms with van der Waals surface area (Å²) < 4.78 is 0. The summed E-state index contributed by atoms with van der Waals surface area (Å²) in [7, 11) is 0. The topological polar surface area (TPSA) is 63.1 Å². The van der Waals surface area contributed by atoms with E-state index in [-0.39, 0.29) is 0 Å². The van der Waals surface area contributed by atoms with E-state index in [1.54, 1.807) is 24.5 Å². The van der Waals surface area contributed by atoms with Gasteiger partial charge in [-0.15, -0.1) is 0 Å². The molecule has 0 saturated carbocycles. The van der Waals surface area contributed by atoms with Gasteiger partial charge in [-0.2, -0.15) is 0 Å². The van der Waals surface area contributed by atoms with E-state index in [0.29, 0.717) is 23.4 Å². The van der Waals surface area contributed by atoms with Crippen molar-refractivity contribution >= 4 is 11.5 Å². The van der Waals surface area contributed by atoms with Crippen molar-refractivity contribution in [2.45, 2.75) is 13.3 Å². The first-order valence-corrected chi connectivity index (χ1v) is 5.27. The Balaban J connectivity index is 2.54. The van der Waals surface area contributed by atoms with Gasteiger partial charge >= 0.3 is 5.97 Å². The van der Waals surface area contributed by atoms with Crippen molar-refractivity contribution in [3.05, 3.63) is 53.7 Å². The average Bonchev–Trinajstić information content (AvgIpc) is 2.52. The minimum atomic E-state index is -0.928.